The number of para-hydroxylation sites is 1. The summed E-state index contributed by atoms with van der Waals surface area (Å²) in [5, 5.41) is 5.85. The normalized spacial score (nSPS) is 10.9. The van der Waals surface area contributed by atoms with Crippen LogP contribution in [0.2, 0.25) is 0 Å². The van der Waals surface area contributed by atoms with E-state index >= 15 is 0 Å². The number of aryl methyl sites for hydroxylation is 1. The molecule has 176 valence electrons. The number of halogens is 1. The first-order chi connectivity index (χ1) is 17.1. The number of H-pyrrole nitrogens is 1. The number of anilines is 2. The van der Waals surface area contributed by atoms with E-state index in [1.165, 1.54) is 12.3 Å². The van der Waals surface area contributed by atoms with Crippen LogP contribution in [0.4, 0.5) is 16.0 Å². The molecular weight excluding hydrogens is 449 g/mol. The number of aromatic amines is 1. The molecule has 9 nitrogen and oxygen atoms in total. The Morgan fingerprint density at radius 1 is 1.11 bits per heavy atom. The van der Waals surface area contributed by atoms with Crippen LogP contribution in [0.1, 0.15) is 16.2 Å². The molecule has 0 saturated heterocycles. The number of carbonyl (C=O) groups excluding carboxylic acids is 1. The van der Waals surface area contributed by atoms with E-state index in [-0.39, 0.29) is 17.4 Å². The number of rotatable bonds is 8. The largest absolute Gasteiger partial charge is 0.457 e. The van der Waals surface area contributed by atoms with Crippen LogP contribution in [0.25, 0.3) is 11.0 Å². The number of pyridine rings is 1. The summed E-state index contributed by atoms with van der Waals surface area (Å²) >= 11 is 0. The molecule has 0 bridgehead atoms. The number of nitrogens with one attached hydrogen (secondary N) is 3. The number of carbonyl (C=O) groups is 1. The predicted octanol–water partition coefficient (Wildman–Crippen LogP) is 4.34. The Morgan fingerprint density at radius 3 is 2.80 bits per heavy atom. The zero-order chi connectivity index (χ0) is 24.2. The minimum Gasteiger partial charge on any atom is -0.457 e. The van der Waals surface area contributed by atoms with Gasteiger partial charge in [0.1, 0.15) is 23.0 Å². The highest BCUT2D eigenvalue weighted by molar-refractivity contribution is 5.92. The van der Waals surface area contributed by atoms with Crippen molar-refractivity contribution in [3.8, 4) is 11.5 Å². The van der Waals surface area contributed by atoms with Crippen LogP contribution in [0.15, 0.2) is 73.3 Å². The third-order valence-corrected chi connectivity index (χ3v) is 5.39. The third kappa shape index (κ3) is 4.96. The molecule has 0 fully saturated rings. The predicted molar refractivity (Wildman–Crippen MR) is 129 cm³/mol. The number of fused-ring (bicyclic) bond motifs is 1. The first-order valence-corrected chi connectivity index (χ1v) is 10.9. The fourth-order valence-electron chi connectivity index (χ4n) is 3.60. The Kier molecular flexibility index (Phi) is 6.08. The minimum absolute atomic E-state index is 0.250. The molecule has 35 heavy (non-hydrogen) atoms. The quantitative estimate of drug-likeness (QED) is 0.311. The molecule has 0 aliphatic carbocycles. The molecule has 0 unspecified atom stereocenters. The van der Waals surface area contributed by atoms with Crippen molar-refractivity contribution in [2.75, 3.05) is 11.9 Å². The maximum atomic E-state index is 14.0. The van der Waals surface area contributed by atoms with E-state index in [0.717, 1.165) is 11.2 Å². The number of aromatic nitrogens is 5. The van der Waals surface area contributed by atoms with Gasteiger partial charge in [-0.1, -0.05) is 12.1 Å². The molecule has 0 aliphatic heterocycles. The average molecular weight is 471 g/mol. The van der Waals surface area contributed by atoms with Gasteiger partial charge >= 0.3 is 0 Å². The summed E-state index contributed by atoms with van der Waals surface area (Å²) in [5.74, 6) is 0.860. The number of imidazole rings is 2. The number of hydrogen-bond acceptors (Lipinski definition) is 6. The van der Waals surface area contributed by atoms with Crippen LogP contribution < -0.4 is 15.4 Å². The van der Waals surface area contributed by atoms with Gasteiger partial charge in [0.05, 0.1) is 28.7 Å². The highest BCUT2D eigenvalue weighted by atomic mass is 19.1. The maximum absolute atomic E-state index is 14.0. The lowest BCUT2D eigenvalue weighted by molar-refractivity contribution is 0.0948. The highest BCUT2D eigenvalue weighted by Gasteiger charge is 2.12. The Morgan fingerprint density at radius 2 is 1.97 bits per heavy atom. The fraction of sp³-hybridized carbons (Fsp3) is 0.120. The molecule has 0 spiro atoms. The first kappa shape index (κ1) is 22.1. The van der Waals surface area contributed by atoms with Crippen molar-refractivity contribution in [3.05, 3.63) is 90.5 Å². The van der Waals surface area contributed by atoms with Crippen molar-refractivity contribution >= 4 is 28.6 Å². The molecule has 5 aromatic rings. The summed E-state index contributed by atoms with van der Waals surface area (Å²) in [7, 11) is 1.85. The van der Waals surface area contributed by atoms with Gasteiger partial charge in [0.25, 0.3) is 5.91 Å². The van der Waals surface area contributed by atoms with Crippen LogP contribution in [0.5, 0.6) is 11.5 Å². The highest BCUT2D eigenvalue weighted by Crippen LogP contribution is 2.28. The smallest absolute Gasteiger partial charge is 0.270 e. The van der Waals surface area contributed by atoms with E-state index in [4.69, 9.17) is 4.74 Å². The second-order valence-corrected chi connectivity index (χ2v) is 7.80. The molecule has 2 aromatic carbocycles. The molecule has 1 amide bonds. The van der Waals surface area contributed by atoms with E-state index < -0.39 is 0 Å². The van der Waals surface area contributed by atoms with Gasteiger partial charge in [-0.3, -0.25) is 9.78 Å². The lowest BCUT2D eigenvalue weighted by Crippen LogP contribution is -2.26. The molecule has 3 N–H and O–H groups in total. The topological polar surface area (TPSA) is 110 Å². The van der Waals surface area contributed by atoms with Gasteiger partial charge in [-0.15, -0.1) is 0 Å². The molecule has 10 heteroatoms. The number of benzene rings is 2. The van der Waals surface area contributed by atoms with Gasteiger partial charge in [0.2, 0.25) is 5.95 Å². The Labute approximate surface area is 200 Å². The maximum Gasteiger partial charge on any atom is 0.270 e. The zero-order valence-electron chi connectivity index (χ0n) is 18.8. The molecule has 0 aliphatic rings. The number of amides is 1. The van der Waals surface area contributed by atoms with Gasteiger partial charge < -0.3 is 24.9 Å². The lowest BCUT2D eigenvalue weighted by Gasteiger charge is -2.08. The molecule has 0 saturated carbocycles. The van der Waals surface area contributed by atoms with E-state index in [2.05, 4.69) is 30.6 Å². The van der Waals surface area contributed by atoms with Gasteiger partial charge in [-0.2, -0.15) is 0 Å². The molecule has 3 heterocycles. The van der Waals surface area contributed by atoms with Gasteiger partial charge in [0, 0.05) is 44.5 Å². The summed E-state index contributed by atoms with van der Waals surface area (Å²) < 4.78 is 21.8. The molecule has 3 aromatic heterocycles. The molecule has 0 radical (unpaired) electrons. The van der Waals surface area contributed by atoms with E-state index in [1.54, 1.807) is 55.0 Å². The van der Waals surface area contributed by atoms with Crippen LogP contribution in [-0.4, -0.2) is 37.0 Å². The summed E-state index contributed by atoms with van der Waals surface area (Å²) in [4.78, 5) is 28.2. The number of hydrogen-bond donors (Lipinski definition) is 3. The second-order valence-electron chi connectivity index (χ2n) is 7.80. The van der Waals surface area contributed by atoms with Gasteiger partial charge in [-0.25, -0.2) is 14.4 Å². The number of nitrogens with zero attached hydrogens (tertiary/aromatic N) is 4. The van der Waals surface area contributed by atoms with E-state index in [1.807, 2.05) is 17.7 Å². The summed E-state index contributed by atoms with van der Waals surface area (Å²) in [5.41, 5.74) is 2.98. The minimum atomic E-state index is -0.359. The average Bonchev–Trinajstić information content (AvgIpc) is 3.48. The monoisotopic (exact) mass is 471 g/mol. The van der Waals surface area contributed by atoms with Crippen molar-refractivity contribution in [2.24, 2.45) is 7.05 Å². The van der Waals surface area contributed by atoms with Gasteiger partial charge in [-0.05, 0) is 30.3 Å². The Bertz CT molecular complexity index is 1480. The summed E-state index contributed by atoms with van der Waals surface area (Å²) in [6.45, 7) is 0.441. The lowest BCUT2D eigenvalue weighted by atomic mass is 10.3. The Hall–Kier alpha value is -4.73. The van der Waals surface area contributed by atoms with Crippen LogP contribution in [-0.2, 0) is 13.5 Å². The standard InChI is InChI=1S/C25H22FN7O2/c1-33-23-7-6-17(12-21(23)32-25(33)31-20-5-3-2-4-19(20)26)35-18-9-11-28-22(13-18)24(34)29-10-8-16-14-27-15-30-16/h2-7,9,11-15H,8,10H2,1H3,(H,27,30)(H,29,34)(H,31,32). The van der Waals surface area contributed by atoms with Crippen molar-refractivity contribution in [1.82, 2.24) is 29.8 Å². The van der Waals surface area contributed by atoms with Crippen LogP contribution >= 0.6 is 0 Å². The van der Waals surface area contributed by atoms with Crippen molar-refractivity contribution in [3.63, 3.8) is 0 Å². The molecule has 0 atom stereocenters. The van der Waals surface area contributed by atoms with Crippen LogP contribution in [0.3, 0.4) is 0 Å². The SMILES string of the molecule is Cn1c(Nc2ccccc2F)nc2cc(Oc3ccnc(C(=O)NCCc4c[nH]cn4)c3)ccc21. The Balaban J connectivity index is 1.28. The van der Waals surface area contributed by atoms with Gasteiger partial charge in [0.15, 0.2) is 0 Å². The van der Waals surface area contributed by atoms with E-state index in [9.17, 15) is 9.18 Å². The fourth-order valence-corrected chi connectivity index (χ4v) is 3.60. The van der Waals surface area contributed by atoms with Crippen LogP contribution in [0, 0.1) is 5.82 Å². The van der Waals surface area contributed by atoms with Crippen molar-refractivity contribution in [1.29, 1.82) is 0 Å². The summed E-state index contributed by atoms with van der Waals surface area (Å²) in [6, 6.07) is 15.1. The van der Waals surface area contributed by atoms with Crippen molar-refractivity contribution in [2.45, 2.75) is 6.42 Å². The number of ether oxygens (including phenoxy) is 1. The molecular formula is C25H22FN7O2. The van der Waals surface area contributed by atoms with E-state index in [0.29, 0.717) is 41.6 Å². The first-order valence-electron chi connectivity index (χ1n) is 10.9. The summed E-state index contributed by atoms with van der Waals surface area (Å²) in [6.07, 6.45) is 5.52. The third-order valence-electron chi connectivity index (χ3n) is 5.39. The van der Waals surface area contributed by atoms with Crippen molar-refractivity contribution < 1.29 is 13.9 Å². The second kappa shape index (κ2) is 9.64. The molecule has 5 rings (SSSR count). The zero-order valence-corrected chi connectivity index (χ0v) is 18.8.